The molecule has 1 aliphatic heterocycles. The third-order valence-electron chi connectivity index (χ3n) is 5.08. The van der Waals surface area contributed by atoms with Crippen molar-refractivity contribution in [3.8, 4) is 0 Å². The molecule has 1 fully saturated rings. The quantitative estimate of drug-likeness (QED) is 0.774. The molecule has 1 atom stereocenters. The average Bonchev–Trinajstić information content (AvgIpc) is 3.17. The minimum absolute atomic E-state index is 0. The zero-order valence-electron chi connectivity index (χ0n) is 16.2. The lowest BCUT2D eigenvalue weighted by Crippen LogP contribution is -2.38. The first kappa shape index (κ1) is 22.2. The average molecular weight is 424 g/mol. The van der Waals surface area contributed by atoms with Crippen molar-refractivity contribution in [2.75, 3.05) is 24.9 Å². The lowest BCUT2D eigenvalue weighted by atomic mass is 10.1. The van der Waals surface area contributed by atoms with E-state index in [-0.39, 0.29) is 29.3 Å². The third kappa shape index (κ3) is 4.84. The molecule has 2 aromatic rings. The second-order valence-electron chi connectivity index (χ2n) is 6.99. The summed E-state index contributed by atoms with van der Waals surface area (Å²) in [5.74, 6) is -0.0627. The molecule has 0 radical (unpaired) electrons. The first-order chi connectivity index (χ1) is 12.8. The van der Waals surface area contributed by atoms with Gasteiger partial charge in [-0.15, -0.1) is 12.4 Å². The van der Waals surface area contributed by atoms with Crippen LogP contribution in [-0.4, -0.2) is 45.4 Å². The Morgan fingerprint density at radius 3 is 2.36 bits per heavy atom. The lowest BCUT2D eigenvalue weighted by Gasteiger charge is -2.23. The molecule has 1 amide bonds. The van der Waals surface area contributed by atoms with Gasteiger partial charge in [0.05, 0.1) is 4.90 Å². The molecule has 3 rings (SSSR count). The van der Waals surface area contributed by atoms with E-state index in [0.717, 1.165) is 30.6 Å². The summed E-state index contributed by atoms with van der Waals surface area (Å²) in [7, 11) is -1.87. The van der Waals surface area contributed by atoms with Gasteiger partial charge in [0.25, 0.3) is 15.9 Å². The van der Waals surface area contributed by atoms with Gasteiger partial charge < -0.3 is 10.2 Å². The molecule has 1 saturated heterocycles. The molecule has 2 N–H and O–H groups in total. The van der Waals surface area contributed by atoms with E-state index in [9.17, 15) is 13.2 Å². The van der Waals surface area contributed by atoms with Crippen molar-refractivity contribution in [3.63, 3.8) is 0 Å². The van der Waals surface area contributed by atoms with Gasteiger partial charge in [0.2, 0.25) is 0 Å². The monoisotopic (exact) mass is 423 g/mol. The number of amides is 1. The summed E-state index contributed by atoms with van der Waals surface area (Å²) in [6.07, 6.45) is 0.941. The number of likely N-dealkylation sites (N-methyl/N-ethyl adjacent to an activating group) is 1. The number of hydrogen-bond donors (Lipinski definition) is 2. The van der Waals surface area contributed by atoms with Crippen molar-refractivity contribution in [3.05, 3.63) is 59.2 Å². The van der Waals surface area contributed by atoms with Gasteiger partial charge >= 0.3 is 0 Å². The van der Waals surface area contributed by atoms with E-state index >= 15 is 0 Å². The number of rotatable bonds is 5. The molecular formula is C20H26ClN3O3S. The second-order valence-corrected chi connectivity index (χ2v) is 8.67. The second kappa shape index (κ2) is 8.94. The fourth-order valence-corrected chi connectivity index (χ4v) is 4.26. The van der Waals surface area contributed by atoms with Crippen molar-refractivity contribution in [1.82, 2.24) is 10.2 Å². The molecule has 0 saturated carbocycles. The molecule has 2 aromatic carbocycles. The number of sulfonamides is 1. The van der Waals surface area contributed by atoms with Gasteiger partial charge in [-0.3, -0.25) is 9.52 Å². The molecule has 1 unspecified atom stereocenters. The third-order valence-corrected chi connectivity index (χ3v) is 6.45. The van der Waals surface area contributed by atoms with Crippen LogP contribution in [0, 0.1) is 13.8 Å². The van der Waals surface area contributed by atoms with Crippen LogP contribution in [0.4, 0.5) is 5.69 Å². The summed E-state index contributed by atoms with van der Waals surface area (Å²) >= 11 is 0. The Bertz CT molecular complexity index is 940. The Morgan fingerprint density at radius 1 is 1.11 bits per heavy atom. The minimum atomic E-state index is -3.67. The van der Waals surface area contributed by atoms with E-state index in [2.05, 4.69) is 10.0 Å². The maximum Gasteiger partial charge on any atom is 0.261 e. The highest BCUT2D eigenvalue weighted by Gasteiger charge is 2.24. The van der Waals surface area contributed by atoms with E-state index in [1.54, 1.807) is 54.4 Å². The maximum atomic E-state index is 12.6. The van der Waals surface area contributed by atoms with Crippen molar-refractivity contribution in [2.45, 2.75) is 31.2 Å². The number of nitrogens with one attached hydrogen (secondary N) is 2. The summed E-state index contributed by atoms with van der Waals surface area (Å²) in [6, 6.07) is 11.8. The predicted octanol–water partition coefficient (Wildman–Crippen LogP) is 2.96. The highest BCUT2D eigenvalue weighted by Crippen LogP contribution is 2.20. The van der Waals surface area contributed by atoms with Crippen LogP contribution in [0.25, 0.3) is 0 Å². The van der Waals surface area contributed by atoms with Crippen LogP contribution in [-0.2, 0) is 10.0 Å². The number of carbonyl (C=O) groups excluding carboxylic acids is 1. The maximum absolute atomic E-state index is 12.6. The molecule has 1 heterocycles. The number of benzene rings is 2. The molecule has 0 spiro atoms. The summed E-state index contributed by atoms with van der Waals surface area (Å²) < 4.78 is 27.7. The molecular weight excluding hydrogens is 398 g/mol. The van der Waals surface area contributed by atoms with Crippen LogP contribution in [0.15, 0.2) is 47.4 Å². The SMILES string of the molecule is Cc1ccc(S(=O)(=O)Nc2ccc(C(=O)N(C)C3CCNC3)cc2)cc1C.Cl. The fourth-order valence-electron chi connectivity index (χ4n) is 3.12. The molecule has 28 heavy (non-hydrogen) atoms. The van der Waals surface area contributed by atoms with Gasteiger partial charge in [-0.25, -0.2) is 8.42 Å². The molecule has 0 aliphatic carbocycles. The van der Waals surface area contributed by atoms with E-state index in [0.29, 0.717) is 11.3 Å². The van der Waals surface area contributed by atoms with Gasteiger partial charge in [0, 0.05) is 30.9 Å². The first-order valence-electron chi connectivity index (χ1n) is 8.96. The predicted molar refractivity (Wildman–Crippen MR) is 114 cm³/mol. The van der Waals surface area contributed by atoms with E-state index in [1.165, 1.54) is 0 Å². The Hall–Kier alpha value is -2.09. The number of carbonyl (C=O) groups is 1. The molecule has 0 aromatic heterocycles. The van der Waals surface area contributed by atoms with Crippen LogP contribution in [0.1, 0.15) is 27.9 Å². The number of aryl methyl sites for hydroxylation is 2. The summed E-state index contributed by atoms with van der Waals surface area (Å²) in [4.78, 5) is 14.5. The largest absolute Gasteiger partial charge is 0.337 e. The summed E-state index contributed by atoms with van der Waals surface area (Å²) in [5.41, 5.74) is 2.93. The van der Waals surface area contributed by atoms with Crippen LogP contribution >= 0.6 is 12.4 Å². The molecule has 152 valence electrons. The molecule has 6 nitrogen and oxygen atoms in total. The fraction of sp³-hybridized carbons (Fsp3) is 0.350. The van der Waals surface area contributed by atoms with Crippen LogP contribution in [0.5, 0.6) is 0 Å². The lowest BCUT2D eigenvalue weighted by molar-refractivity contribution is 0.0744. The Labute approximate surface area is 172 Å². The summed E-state index contributed by atoms with van der Waals surface area (Å²) in [6.45, 7) is 5.54. The van der Waals surface area contributed by atoms with Gasteiger partial charge in [0.15, 0.2) is 0 Å². The van der Waals surface area contributed by atoms with Gasteiger partial charge in [-0.05, 0) is 74.3 Å². The normalized spacial score (nSPS) is 16.3. The van der Waals surface area contributed by atoms with E-state index in [1.807, 2.05) is 13.8 Å². The topological polar surface area (TPSA) is 78.5 Å². The Morgan fingerprint density at radius 2 is 1.79 bits per heavy atom. The van der Waals surface area contributed by atoms with Gasteiger partial charge in [-0.1, -0.05) is 6.07 Å². The van der Waals surface area contributed by atoms with Crippen LogP contribution < -0.4 is 10.0 Å². The standard InChI is InChI=1S/C20H25N3O3S.ClH/c1-14-4-9-19(12-15(14)2)27(25,26)22-17-7-5-16(6-8-17)20(24)23(3)18-10-11-21-13-18;/h4-9,12,18,21-22H,10-11,13H2,1-3H3;1H. The molecule has 1 aliphatic rings. The minimum Gasteiger partial charge on any atom is -0.337 e. The zero-order chi connectivity index (χ0) is 19.6. The number of hydrogen-bond acceptors (Lipinski definition) is 4. The van der Waals surface area contributed by atoms with Crippen LogP contribution in [0.3, 0.4) is 0 Å². The van der Waals surface area contributed by atoms with Crippen molar-refractivity contribution in [2.24, 2.45) is 0 Å². The zero-order valence-corrected chi connectivity index (χ0v) is 17.9. The summed E-state index contributed by atoms with van der Waals surface area (Å²) in [5, 5.41) is 3.25. The Balaban J connectivity index is 0.00000280. The molecule has 0 bridgehead atoms. The number of anilines is 1. The number of halogens is 1. The van der Waals surface area contributed by atoms with E-state index in [4.69, 9.17) is 0 Å². The molecule has 8 heteroatoms. The Kier molecular flexibility index (Phi) is 7.09. The van der Waals surface area contributed by atoms with Gasteiger partial charge in [-0.2, -0.15) is 0 Å². The van der Waals surface area contributed by atoms with Crippen molar-refractivity contribution in [1.29, 1.82) is 0 Å². The smallest absolute Gasteiger partial charge is 0.261 e. The van der Waals surface area contributed by atoms with Crippen molar-refractivity contribution >= 4 is 34.0 Å². The van der Waals surface area contributed by atoms with Gasteiger partial charge in [0.1, 0.15) is 0 Å². The van der Waals surface area contributed by atoms with Crippen LogP contribution in [0.2, 0.25) is 0 Å². The van der Waals surface area contributed by atoms with Crippen molar-refractivity contribution < 1.29 is 13.2 Å². The first-order valence-corrected chi connectivity index (χ1v) is 10.4. The van der Waals surface area contributed by atoms with E-state index < -0.39 is 10.0 Å². The number of nitrogens with zero attached hydrogens (tertiary/aromatic N) is 1. The highest BCUT2D eigenvalue weighted by molar-refractivity contribution is 7.92. The highest BCUT2D eigenvalue weighted by atomic mass is 35.5.